The van der Waals surface area contributed by atoms with Crippen LogP contribution in [0.4, 0.5) is 0 Å². The van der Waals surface area contributed by atoms with Crippen LogP contribution < -0.4 is 0 Å². The Bertz CT molecular complexity index is 415. The van der Waals surface area contributed by atoms with E-state index in [1.54, 1.807) is 4.31 Å². The molecule has 0 aromatic carbocycles. The molecule has 4 nitrogen and oxygen atoms in total. The molecule has 0 spiro atoms. The van der Waals surface area contributed by atoms with Crippen molar-refractivity contribution in [2.24, 2.45) is 5.92 Å². The van der Waals surface area contributed by atoms with Gasteiger partial charge in [0, 0.05) is 6.54 Å². The molecule has 0 aromatic heterocycles. The molecule has 0 unspecified atom stereocenters. The summed E-state index contributed by atoms with van der Waals surface area (Å²) in [6, 6.07) is 0.117. The Morgan fingerprint density at radius 3 is 2.45 bits per heavy atom. The molecular formula is C15H27NO3S. The molecule has 5 heteroatoms. The molecule has 0 aromatic rings. The predicted octanol–water partition coefficient (Wildman–Crippen LogP) is 2.54. The van der Waals surface area contributed by atoms with E-state index in [1.165, 1.54) is 25.7 Å². The van der Waals surface area contributed by atoms with Gasteiger partial charge in [-0.25, -0.2) is 8.42 Å². The third-order valence-electron chi connectivity index (χ3n) is 5.21. The van der Waals surface area contributed by atoms with Crippen LogP contribution in [0.5, 0.6) is 0 Å². The van der Waals surface area contributed by atoms with Crippen molar-refractivity contribution in [3.05, 3.63) is 0 Å². The normalized spacial score (nSPS) is 33.8. The molecule has 0 amide bonds. The number of nitrogens with zero attached hydrogens (tertiary/aromatic N) is 1. The Balaban J connectivity index is 1.68. The topological polar surface area (TPSA) is 46.6 Å². The van der Waals surface area contributed by atoms with Crippen molar-refractivity contribution < 1.29 is 13.2 Å². The lowest BCUT2D eigenvalue weighted by Gasteiger charge is -2.43. The Hall–Kier alpha value is -0.130. The van der Waals surface area contributed by atoms with E-state index in [0.717, 1.165) is 32.1 Å². The molecule has 116 valence electrons. The van der Waals surface area contributed by atoms with Gasteiger partial charge in [0.15, 0.2) is 0 Å². The van der Waals surface area contributed by atoms with Gasteiger partial charge in [-0.15, -0.1) is 0 Å². The second-order valence-corrected chi connectivity index (χ2v) is 8.62. The van der Waals surface area contributed by atoms with Crippen LogP contribution in [0.25, 0.3) is 0 Å². The van der Waals surface area contributed by atoms with Gasteiger partial charge in [-0.05, 0) is 31.6 Å². The van der Waals surface area contributed by atoms with Gasteiger partial charge in [-0.3, -0.25) is 0 Å². The smallest absolute Gasteiger partial charge is 0.214 e. The summed E-state index contributed by atoms with van der Waals surface area (Å²) in [5.74, 6) is 0.759. The monoisotopic (exact) mass is 301 g/mol. The second-order valence-electron chi connectivity index (χ2n) is 6.65. The molecule has 0 N–H and O–H groups in total. The van der Waals surface area contributed by atoms with Crippen molar-refractivity contribution in [2.75, 3.05) is 18.9 Å². The van der Waals surface area contributed by atoms with E-state index in [1.807, 2.05) is 0 Å². The van der Waals surface area contributed by atoms with Crippen LogP contribution in [0, 0.1) is 5.92 Å². The number of fused-ring (bicyclic) bond motifs is 1. The highest BCUT2D eigenvalue weighted by molar-refractivity contribution is 7.89. The molecular weight excluding hydrogens is 274 g/mol. The van der Waals surface area contributed by atoms with Gasteiger partial charge in [-0.2, -0.15) is 4.31 Å². The lowest BCUT2D eigenvalue weighted by Crippen LogP contribution is -2.55. The van der Waals surface area contributed by atoms with E-state index in [0.29, 0.717) is 24.8 Å². The van der Waals surface area contributed by atoms with E-state index < -0.39 is 10.0 Å². The molecule has 0 bridgehead atoms. The van der Waals surface area contributed by atoms with Crippen LogP contribution in [0.2, 0.25) is 0 Å². The number of ether oxygens (including phenoxy) is 1. The lowest BCUT2D eigenvalue weighted by molar-refractivity contribution is -0.0587. The van der Waals surface area contributed by atoms with Crippen LogP contribution in [-0.2, 0) is 14.8 Å². The molecule has 0 radical (unpaired) electrons. The summed E-state index contributed by atoms with van der Waals surface area (Å²) in [5, 5.41) is 0. The van der Waals surface area contributed by atoms with Crippen LogP contribution >= 0.6 is 0 Å². The quantitative estimate of drug-likeness (QED) is 0.805. The highest BCUT2D eigenvalue weighted by Gasteiger charge is 2.40. The van der Waals surface area contributed by atoms with Gasteiger partial charge in [0.25, 0.3) is 0 Å². The van der Waals surface area contributed by atoms with Crippen LogP contribution in [0.15, 0.2) is 0 Å². The van der Waals surface area contributed by atoms with Gasteiger partial charge in [0.1, 0.15) is 0 Å². The molecule has 20 heavy (non-hydrogen) atoms. The van der Waals surface area contributed by atoms with E-state index >= 15 is 0 Å². The van der Waals surface area contributed by atoms with Crippen molar-refractivity contribution in [3.63, 3.8) is 0 Å². The van der Waals surface area contributed by atoms with Crippen molar-refractivity contribution in [3.8, 4) is 0 Å². The maximum absolute atomic E-state index is 12.8. The van der Waals surface area contributed by atoms with E-state index in [9.17, 15) is 8.42 Å². The summed E-state index contributed by atoms with van der Waals surface area (Å²) >= 11 is 0. The number of sulfonamides is 1. The van der Waals surface area contributed by atoms with Crippen molar-refractivity contribution in [1.29, 1.82) is 0 Å². The minimum absolute atomic E-state index is 0.117. The fourth-order valence-corrected chi connectivity index (χ4v) is 6.28. The summed E-state index contributed by atoms with van der Waals surface area (Å²) < 4.78 is 33.1. The fraction of sp³-hybridized carbons (Fsp3) is 1.00. The minimum atomic E-state index is -3.10. The Labute approximate surface area is 122 Å². The first-order valence-electron chi connectivity index (χ1n) is 8.28. The summed E-state index contributed by atoms with van der Waals surface area (Å²) in [6.45, 7) is 1.14. The highest BCUT2D eigenvalue weighted by atomic mass is 32.2. The highest BCUT2D eigenvalue weighted by Crippen LogP contribution is 2.32. The Kier molecular flexibility index (Phi) is 4.68. The first-order chi connectivity index (χ1) is 9.67. The zero-order valence-corrected chi connectivity index (χ0v) is 13.1. The third kappa shape index (κ3) is 3.20. The van der Waals surface area contributed by atoms with Gasteiger partial charge in [0.05, 0.1) is 24.5 Å². The van der Waals surface area contributed by atoms with Gasteiger partial charge >= 0.3 is 0 Å². The molecule has 2 saturated carbocycles. The summed E-state index contributed by atoms with van der Waals surface area (Å²) in [7, 11) is -3.10. The molecule has 3 rings (SSSR count). The maximum atomic E-state index is 12.8. The zero-order valence-electron chi connectivity index (χ0n) is 12.3. The van der Waals surface area contributed by atoms with Gasteiger partial charge in [0.2, 0.25) is 10.0 Å². The van der Waals surface area contributed by atoms with Crippen LogP contribution in [0.3, 0.4) is 0 Å². The van der Waals surface area contributed by atoms with Crippen LogP contribution in [-0.4, -0.2) is 43.8 Å². The molecule has 1 aliphatic heterocycles. The van der Waals surface area contributed by atoms with E-state index in [4.69, 9.17) is 4.74 Å². The first-order valence-corrected chi connectivity index (χ1v) is 9.89. The standard InChI is InChI=1S/C15H27NO3S/c17-20(18,12-13-6-2-1-3-7-13)16-10-11-19-15-9-5-4-8-14(15)16/h13-15H,1-12H2/t14-,15-/m1/s1. The number of morpholine rings is 1. The average Bonchev–Trinajstić information content (AvgIpc) is 2.47. The molecule has 3 fully saturated rings. The lowest BCUT2D eigenvalue weighted by atomic mass is 9.91. The Morgan fingerprint density at radius 2 is 1.65 bits per heavy atom. The van der Waals surface area contributed by atoms with Crippen molar-refractivity contribution >= 4 is 10.0 Å². The van der Waals surface area contributed by atoms with Gasteiger partial charge < -0.3 is 4.74 Å². The summed E-state index contributed by atoms with van der Waals surface area (Å²) in [6.07, 6.45) is 10.4. The predicted molar refractivity (Wildman–Crippen MR) is 79.1 cm³/mol. The van der Waals surface area contributed by atoms with Gasteiger partial charge in [-0.1, -0.05) is 32.1 Å². The zero-order chi connectivity index (χ0) is 14.0. The molecule has 3 aliphatic rings. The fourth-order valence-electron chi connectivity index (χ4n) is 4.15. The summed E-state index contributed by atoms with van der Waals surface area (Å²) in [4.78, 5) is 0. The van der Waals surface area contributed by atoms with E-state index in [2.05, 4.69) is 0 Å². The molecule has 1 saturated heterocycles. The molecule has 2 atom stereocenters. The summed E-state index contributed by atoms with van der Waals surface area (Å²) in [5.41, 5.74) is 0. The number of hydrogen-bond donors (Lipinski definition) is 0. The molecule has 1 heterocycles. The molecule has 2 aliphatic carbocycles. The second kappa shape index (κ2) is 6.32. The number of rotatable bonds is 3. The Morgan fingerprint density at radius 1 is 0.950 bits per heavy atom. The maximum Gasteiger partial charge on any atom is 0.214 e. The minimum Gasteiger partial charge on any atom is -0.375 e. The number of hydrogen-bond acceptors (Lipinski definition) is 3. The van der Waals surface area contributed by atoms with Crippen molar-refractivity contribution in [2.45, 2.75) is 69.9 Å². The largest absolute Gasteiger partial charge is 0.375 e. The van der Waals surface area contributed by atoms with Crippen molar-refractivity contribution in [1.82, 2.24) is 4.31 Å². The van der Waals surface area contributed by atoms with E-state index in [-0.39, 0.29) is 12.1 Å². The third-order valence-corrected chi connectivity index (χ3v) is 7.27. The first kappa shape index (κ1) is 14.8. The van der Waals surface area contributed by atoms with Crippen LogP contribution in [0.1, 0.15) is 57.8 Å². The average molecular weight is 301 g/mol. The SMILES string of the molecule is O=S(=O)(CC1CCCCC1)N1CCO[C@@H]2CCCC[C@H]21.